The van der Waals surface area contributed by atoms with Crippen molar-refractivity contribution in [3.63, 3.8) is 0 Å². The third-order valence-corrected chi connectivity index (χ3v) is 1.68. The van der Waals surface area contributed by atoms with Crippen molar-refractivity contribution in [1.29, 1.82) is 0 Å². The second kappa shape index (κ2) is 5.91. The Morgan fingerprint density at radius 2 is 2.42 bits per heavy atom. The molecule has 0 bridgehead atoms. The van der Waals surface area contributed by atoms with Crippen molar-refractivity contribution in [2.75, 3.05) is 0 Å². The average molecular weight is 275 g/mol. The molecule has 0 unspecified atom stereocenters. The fourth-order valence-corrected chi connectivity index (χ4v) is 0.832. The molecule has 5 heteroatoms. The van der Waals surface area contributed by atoms with Crippen LogP contribution in [-0.4, -0.2) is 17.8 Å². The van der Waals surface area contributed by atoms with E-state index in [-0.39, 0.29) is 5.70 Å². The molecule has 0 amide bonds. The Bertz CT molecular complexity index is 290. The molecular weight excluding hydrogens is 268 g/mol. The second-order valence-corrected chi connectivity index (χ2v) is 3.01. The molecule has 0 radical (unpaired) electrons. The molecule has 0 fully saturated rings. The van der Waals surface area contributed by atoms with Crippen LogP contribution >= 0.6 is 22.6 Å². The summed E-state index contributed by atoms with van der Waals surface area (Å²) in [6.07, 6.45) is 1.41. The Labute approximate surface area is 85.0 Å². The molecule has 0 saturated carbocycles. The van der Waals surface area contributed by atoms with Crippen LogP contribution in [-0.2, 0) is 0 Å². The van der Waals surface area contributed by atoms with Crippen LogP contribution in [0.25, 0.3) is 0 Å². The minimum absolute atomic E-state index is 0.0399. The molecule has 0 N–H and O–H groups in total. The summed E-state index contributed by atoms with van der Waals surface area (Å²) in [4.78, 5) is 9.91. The van der Waals surface area contributed by atoms with E-state index < -0.39 is 4.92 Å². The van der Waals surface area contributed by atoms with E-state index in [4.69, 9.17) is 0 Å². The van der Waals surface area contributed by atoms with Crippen molar-refractivity contribution in [1.82, 2.24) is 0 Å². The van der Waals surface area contributed by atoms with Gasteiger partial charge in [0.25, 0.3) is 0 Å². The molecule has 0 atom stereocenters. The van der Waals surface area contributed by atoms with Crippen LogP contribution < -0.4 is 0 Å². The van der Waals surface area contributed by atoms with Gasteiger partial charge in [0.15, 0.2) is 0 Å². The van der Waals surface area contributed by atoms with E-state index in [1.165, 1.54) is 12.0 Å². The monoisotopic (exact) mass is 275 g/mol. The zero-order valence-corrected chi connectivity index (χ0v) is 8.74. The molecule has 0 spiro atoms. The van der Waals surface area contributed by atoms with E-state index in [1.54, 1.807) is 13.7 Å². The third kappa shape index (κ3) is 4.25. The fraction of sp³-hybridized carbons (Fsp3) is 0.143. The molecule has 0 aliphatic carbocycles. The minimum atomic E-state index is -0.448. The normalized spacial score (nSPS) is 10.7. The Kier molecular flexibility index (Phi) is 5.58. The van der Waals surface area contributed by atoms with Gasteiger partial charge in [-0.2, -0.15) is 0 Å². The Morgan fingerprint density at radius 1 is 1.83 bits per heavy atom. The maximum absolute atomic E-state index is 10.4. The summed E-state index contributed by atoms with van der Waals surface area (Å²) in [6, 6.07) is 0. The van der Waals surface area contributed by atoms with Gasteiger partial charge in [-0.05, 0) is 0 Å². The summed E-state index contributed by atoms with van der Waals surface area (Å²) < 4.78 is 0.623. The van der Waals surface area contributed by atoms with Crippen LogP contribution in [0.3, 0.4) is 0 Å². The molecule has 0 saturated heterocycles. The van der Waals surface area contributed by atoms with Gasteiger partial charge in [0, 0.05) is 0 Å². The summed E-state index contributed by atoms with van der Waals surface area (Å²) in [5.74, 6) is 1.43. The topological polar surface area (TPSA) is 43.1 Å². The molecule has 0 aromatic carbocycles. The number of nitro groups is 1. The number of hydrogen-bond donors (Lipinski definition) is 0. The number of nitrogens with zero attached hydrogens (tertiary/aromatic N) is 1. The molecule has 0 aromatic heterocycles. The van der Waals surface area contributed by atoms with Gasteiger partial charge in [-0.3, -0.25) is 0 Å². The molecule has 3 nitrogen and oxygen atoms in total. The van der Waals surface area contributed by atoms with Crippen molar-refractivity contribution >= 4 is 35.5 Å². The summed E-state index contributed by atoms with van der Waals surface area (Å²) in [6.45, 7) is 6.71. The molecule has 0 aliphatic heterocycles. The average Bonchev–Trinajstić information content (AvgIpc) is 2.03. The Morgan fingerprint density at radius 3 is 2.75 bits per heavy atom. The Balaban J connectivity index is 4.85. The molecule has 0 heterocycles. The first-order valence-electron chi connectivity index (χ1n) is 3.16. The zero-order chi connectivity index (χ0) is 9.56. The van der Waals surface area contributed by atoms with Crippen molar-refractivity contribution in [2.24, 2.45) is 0 Å². The van der Waals surface area contributed by atoms with E-state index in [9.17, 15) is 10.1 Å². The van der Waals surface area contributed by atoms with Gasteiger partial charge in [0.05, 0.1) is 0 Å². The summed E-state index contributed by atoms with van der Waals surface area (Å²) in [7, 11) is 0. The van der Waals surface area contributed by atoms with Crippen LogP contribution in [0.1, 0.15) is 0 Å². The number of hydrogen-bond acceptors (Lipinski definition) is 2. The Hall–Kier alpha value is -0.675. The standard InChI is InChI=1S/C7H7BINO2/c1-3-6(9)4-7(5-8-2)10(11)12/h4-5H,1H2,2H3/b7-4+. The SMILES string of the molecule is C=C=C(I)/C=C(\C=B/C)[N+](=O)[O-]. The van der Waals surface area contributed by atoms with E-state index in [1.807, 2.05) is 22.6 Å². The van der Waals surface area contributed by atoms with Gasteiger partial charge in [-0.15, -0.1) is 0 Å². The summed E-state index contributed by atoms with van der Waals surface area (Å²) >= 11 is 1.92. The third-order valence-electron chi connectivity index (χ3n) is 0.992. The van der Waals surface area contributed by atoms with Crippen LogP contribution in [0.15, 0.2) is 27.7 Å². The molecule has 0 rings (SSSR count). The molecular formula is C7H7BINO2. The van der Waals surface area contributed by atoms with Crippen molar-refractivity contribution < 1.29 is 4.92 Å². The number of allylic oxidation sites excluding steroid dienone is 3. The number of rotatable bonds is 3. The van der Waals surface area contributed by atoms with Gasteiger partial charge < -0.3 is 0 Å². The van der Waals surface area contributed by atoms with Gasteiger partial charge in [0.1, 0.15) is 0 Å². The van der Waals surface area contributed by atoms with Gasteiger partial charge in [-0.25, -0.2) is 0 Å². The number of halogens is 1. The van der Waals surface area contributed by atoms with E-state index in [2.05, 4.69) is 12.3 Å². The second-order valence-electron chi connectivity index (χ2n) is 1.85. The van der Waals surface area contributed by atoms with Gasteiger partial charge in [-0.1, -0.05) is 0 Å². The quantitative estimate of drug-likeness (QED) is 0.197. The maximum atomic E-state index is 10.4. The van der Waals surface area contributed by atoms with Crippen LogP contribution in [0, 0.1) is 10.1 Å². The van der Waals surface area contributed by atoms with E-state index in [0.29, 0.717) is 3.58 Å². The van der Waals surface area contributed by atoms with Crippen LogP contribution in [0.4, 0.5) is 0 Å². The molecule has 0 aliphatic rings. The van der Waals surface area contributed by atoms with Crippen molar-refractivity contribution in [3.8, 4) is 0 Å². The molecule has 0 aromatic rings. The summed E-state index contributed by atoms with van der Waals surface area (Å²) in [5, 5.41) is 10.4. The summed E-state index contributed by atoms with van der Waals surface area (Å²) in [5.41, 5.74) is 2.59. The van der Waals surface area contributed by atoms with Crippen LogP contribution in [0.2, 0.25) is 6.82 Å². The van der Waals surface area contributed by atoms with Crippen molar-refractivity contribution in [2.45, 2.75) is 6.82 Å². The van der Waals surface area contributed by atoms with Crippen LogP contribution in [0.5, 0.6) is 0 Å². The first-order chi connectivity index (χ1) is 5.61. The van der Waals surface area contributed by atoms with E-state index >= 15 is 0 Å². The molecule has 62 valence electrons. The first-order valence-corrected chi connectivity index (χ1v) is 4.24. The predicted octanol–water partition coefficient (Wildman–Crippen LogP) is 1.81. The van der Waals surface area contributed by atoms with Gasteiger partial charge >= 0.3 is 85.0 Å². The molecule has 12 heavy (non-hydrogen) atoms. The van der Waals surface area contributed by atoms with Gasteiger partial charge in [0.2, 0.25) is 0 Å². The fourth-order valence-electron chi connectivity index (χ4n) is 0.513. The zero-order valence-electron chi connectivity index (χ0n) is 6.58. The first kappa shape index (κ1) is 11.3. The van der Waals surface area contributed by atoms with Crippen molar-refractivity contribution in [3.05, 3.63) is 37.8 Å². The predicted molar refractivity (Wildman–Crippen MR) is 59.4 cm³/mol. The van der Waals surface area contributed by atoms with E-state index in [0.717, 1.165) is 0 Å².